The Kier molecular flexibility index (Phi) is 6.14. The Morgan fingerprint density at radius 1 is 1.25 bits per heavy atom. The number of hydrogen-bond acceptors (Lipinski definition) is 4. The van der Waals surface area contributed by atoms with Crippen LogP contribution in [0.4, 0.5) is 29.1 Å². The number of rotatable bonds is 4. The Bertz CT molecular complexity index is 1110. The molecule has 170 valence electrons. The lowest BCUT2D eigenvalue weighted by atomic mass is 10.0. The van der Waals surface area contributed by atoms with Gasteiger partial charge >= 0.3 is 12.1 Å². The first-order valence-electron chi connectivity index (χ1n) is 9.15. The van der Waals surface area contributed by atoms with E-state index in [9.17, 15) is 37.1 Å². The maximum absolute atomic E-state index is 13.5. The maximum atomic E-state index is 13.5. The van der Waals surface area contributed by atoms with E-state index in [4.69, 9.17) is 11.6 Å². The molecule has 1 aromatic carbocycles. The molecule has 2 heterocycles. The lowest BCUT2D eigenvalue weighted by Gasteiger charge is -2.28. The molecule has 0 radical (unpaired) electrons. The summed E-state index contributed by atoms with van der Waals surface area (Å²) in [4.78, 5) is 43.1. The zero-order chi connectivity index (χ0) is 24.0. The number of carboxylic acids is 1. The van der Waals surface area contributed by atoms with Crippen LogP contribution in [-0.4, -0.2) is 41.0 Å². The van der Waals surface area contributed by atoms with Crippen molar-refractivity contribution in [3.63, 3.8) is 0 Å². The molecule has 0 bridgehead atoms. The van der Waals surface area contributed by atoms with Crippen LogP contribution in [0.25, 0.3) is 0 Å². The van der Waals surface area contributed by atoms with E-state index in [-0.39, 0.29) is 16.4 Å². The molecule has 2 amide bonds. The highest BCUT2D eigenvalue weighted by atomic mass is 35.5. The van der Waals surface area contributed by atoms with Crippen molar-refractivity contribution < 1.29 is 37.1 Å². The molecule has 0 spiro atoms. The van der Waals surface area contributed by atoms with Crippen molar-refractivity contribution in [3.8, 4) is 0 Å². The smallest absolute Gasteiger partial charge is 0.416 e. The number of anilines is 2. The first kappa shape index (κ1) is 23.5. The van der Waals surface area contributed by atoms with E-state index in [1.54, 1.807) is 0 Å². The van der Waals surface area contributed by atoms with Crippen molar-refractivity contribution >= 4 is 40.9 Å². The minimum Gasteiger partial charge on any atom is -0.481 e. The van der Waals surface area contributed by atoms with Gasteiger partial charge in [0.2, 0.25) is 11.8 Å². The van der Waals surface area contributed by atoms with E-state index >= 15 is 0 Å². The van der Waals surface area contributed by atoms with Gasteiger partial charge in [-0.05, 0) is 43.7 Å². The molecule has 3 rings (SSSR count). The van der Waals surface area contributed by atoms with Gasteiger partial charge in [-0.3, -0.25) is 19.3 Å². The van der Waals surface area contributed by atoms with Gasteiger partial charge in [-0.15, -0.1) is 0 Å². The van der Waals surface area contributed by atoms with Crippen LogP contribution in [-0.2, 0) is 20.6 Å². The summed E-state index contributed by atoms with van der Waals surface area (Å²) in [6.07, 6.45) is -5.23. The molecule has 1 aliphatic rings. The monoisotopic (exact) mass is 473 g/mol. The van der Waals surface area contributed by atoms with Crippen molar-refractivity contribution in [2.24, 2.45) is 5.92 Å². The van der Waals surface area contributed by atoms with E-state index in [0.29, 0.717) is 11.0 Å². The number of aromatic nitrogens is 1. The number of pyridine rings is 1. The Labute approximate surface area is 184 Å². The summed E-state index contributed by atoms with van der Waals surface area (Å²) in [5.41, 5.74) is -1.04. The molecule has 1 aliphatic heterocycles. The SMILES string of the molecule is Cc1cc(C(F)(F)F)cc(N2C(=O)C(C(=O)O)CC2C(=O)N(C)c2ccc(F)c(Cl)c2)n1. The van der Waals surface area contributed by atoms with Crippen LogP contribution in [0.3, 0.4) is 0 Å². The zero-order valence-corrected chi connectivity index (χ0v) is 17.4. The normalized spacial score (nSPS) is 18.7. The molecule has 2 unspecified atom stereocenters. The number of halogens is 5. The fraction of sp³-hybridized carbons (Fsp3) is 0.300. The molecule has 2 aromatic rings. The van der Waals surface area contributed by atoms with Gasteiger partial charge in [0.25, 0.3) is 0 Å². The Morgan fingerprint density at radius 2 is 1.91 bits per heavy atom. The number of alkyl halides is 3. The van der Waals surface area contributed by atoms with E-state index < -0.39 is 59.5 Å². The summed E-state index contributed by atoms with van der Waals surface area (Å²) < 4.78 is 53.3. The van der Waals surface area contributed by atoms with Crippen LogP contribution in [0.2, 0.25) is 5.02 Å². The van der Waals surface area contributed by atoms with Gasteiger partial charge in [-0.25, -0.2) is 9.37 Å². The lowest BCUT2D eigenvalue weighted by molar-refractivity contribution is -0.145. The average Bonchev–Trinajstić information content (AvgIpc) is 3.05. The summed E-state index contributed by atoms with van der Waals surface area (Å²) in [5.74, 6) is -6.26. The van der Waals surface area contributed by atoms with Crippen LogP contribution < -0.4 is 9.80 Å². The maximum Gasteiger partial charge on any atom is 0.416 e. The second kappa shape index (κ2) is 8.38. The molecular weight excluding hydrogens is 458 g/mol. The predicted molar refractivity (Wildman–Crippen MR) is 106 cm³/mol. The summed E-state index contributed by atoms with van der Waals surface area (Å²) >= 11 is 5.74. The highest BCUT2D eigenvalue weighted by molar-refractivity contribution is 6.31. The number of carbonyl (C=O) groups is 3. The van der Waals surface area contributed by atoms with E-state index in [1.807, 2.05) is 0 Å². The first-order valence-corrected chi connectivity index (χ1v) is 9.53. The second-order valence-corrected chi connectivity index (χ2v) is 7.61. The molecular formula is C20H16ClF4N3O4. The van der Waals surface area contributed by atoms with Crippen LogP contribution in [0, 0.1) is 18.7 Å². The summed E-state index contributed by atoms with van der Waals surface area (Å²) in [6, 6.07) is 3.30. The first-order chi connectivity index (χ1) is 14.8. The van der Waals surface area contributed by atoms with E-state index in [2.05, 4.69) is 4.98 Å². The molecule has 1 N–H and O–H groups in total. The molecule has 12 heteroatoms. The minimum absolute atomic E-state index is 0.0775. The van der Waals surface area contributed by atoms with Gasteiger partial charge in [0.1, 0.15) is 23.6 Å². The number of aliphatic carboxylic acids is 1. The number of benzene rings is 1. The number of nitrogens with zero attached hydrogens (tertiary/aromatic N) is 3. The van der Waals surface area contributed by atoms with Crippen molar-refractivity contribution in [1.29, 1.82) is 0 Å². The molecule has 0 saturated carbocycles. The van der Waals surface area contributed by atoms with Crippen LogP contribution >= 0.6 is 11.6 Å². The molecule has 1 aromatic heterocycles. The quantitative estimate of drug-likeness (QED) is 0.540. The van der Waals surface area contributed by atoms with E-state index in [0.717, 1.165) is 23.1 Å². The number of likely N-dealkylation sites (N-methyl/N-ethyl adjacent to an activating group) is 1. The van der Waals surface area contributed by atoms with E-state index in [1.165, 1.54) is 20.0 Å². The second-order valence-electron chi connectivity index (χ2n) is 7.20. The lowest BCUT2D eigenvalue weighted by Crippen LogP contribution is -2.46. The van der Waals surface area contributed by atoms with Gasteiger partial charge in [-0.1, -0.05) is 11.6 Å². The van der Waals surface area contributed by atoms with Gasteiger partial charge in [0, 0.05) is 18.4 Å². The van der Waals surface area contributed by atoms with Crippen LogP contribution in [0.1, 0.15) is 17.7 Å². The molecule has 1 saturated heterocycles. The fourth-order valence-corrected chi connectivity index (χ4v) is 3.60. The molecule has 2 atom stereocenters. The minimum atomic E-state index is -4.75. The van der Waals surface area contributed by atoms with Crippen LogP contribution in [0.5, 0.6) is 0 Å². The number of aryl methyl sites for hydroxylation is 1. The third-order valence-electron chi connectivity index (χ3n) is 5.02. The van der Waals surface area contributed by atoms with Gasteiger partial charge in [-0.2, -0.15) is 13.2 Å². The third kappa shape index (κ3) is 4.38. The topological polar surface area (TPSA) is 90.8 Å². The number of hydrogen-bond donors (Lipinski definition) is 1. The Morgan fingerprint density at radius 3 is 2.47 bits per heavy atom. The largest absolute Gasteiger partial charge is 0.481 e. The molecule has 1 fully saturated rings. The van der Waals surface area contributed by atoms with Crippen molar-refractivity contribution in [1.82, 2.24) is 4.98 Å². The van der Waals surface area contributed by atoms with Gasteiger partial charge in [0.05, 0.1) is 10.6 Å². The van der Waals surface area contributed by atoms with Gasteiger partial charge < -0.3 is 10.0 Å². The standard InChI is InChI=1S/C20H16ClF4N3O4/c1-9-5-10(20(23,24)25)6-16(26-9)28-15(8-12(17(28)29)19(31)32)18(30)27(2)11-3-4-14(22)13(21)7-11/h3-7,12,15H,8H2,1-2H3,(H,31,32). The van der Waals surface area contributed by atoms with Crippen molar-refractivity contribution in [2.45, 2.75) is 25.6 Å². The van der Waals surface area contributed by atoms with Crippen molar-refractivity contribution in [2.75, 3.05) is 16.8 Å². The van der Waals surface area contributed by atoms with Gasteiger partial charge in [0.15, 0.2) is 0 Å². The molecule has 32 heavy (non-hydrogen) atoms. The molecule has 7 nitrogen and oxygen atoms in total. The predicted octanol–water partition coefficient (Wildman–Crippen LogP) is 3.67. The molecule has 0 aliphatic carbocycles. The zero-order valence-electron chi connectivity index (χ0n) is 16.7. The summed E-state index contributed by atoms with van der Waals surface area (Å²) in [6.45, 7) is 1.28. The van der Waals surface area contributed by atoms with Crippen molar-refractivity contribution in [3.05, 3.63) is 52.4 Å². The summed E-state index contributed by atoms with van der Waals surface area (Å²) in [7, 11) is 1.29. The highest BCUT2D eigenvalue weighted by Crippen LogP contribution is 2.36. The van der Waals surface area contributed by atoms with Crippen LogP contribution in [0.15, 0.2) is 30.3 Å². The highest BCUT2D eigenvalue weighted by Gasteiger charge is 2.49. The summed E-state index contributed by atoms with van der Waals surface area (Å²) in [5, 5.41) is 9.10. The number of amides is 2. The fourth-order valence-electron chi connectivity index (χ4n) is 3.42. The number of carboxylic acid groups (broad SMARTS) is 1. The Hall–Kier alpha value is -3.21. The Balaban J connectivity index is 2.06. The third-order valence-corrected chi connectivity index (χ3v) is 5.31. The number of carbonyl (C=O) groups excluding carboxylic acids is 2. The average molecular weight is 474 g/mol.